The number of para-hydroxylation sites is 1. The van der Waals surface area contributed by atoms with Crippen LogP contribution in [0.2, 0.25) is 0 Å². The summed E-state index contributed by atoms with van der Waals surface area (Å²) in [5.41, 5.74) is 1.43. The van der Waals surface area contributed by atoms with Gasteiger partial charge in [-0.15, -0.1) is 0 Å². The second-order valence-electron chi connectivity index (χ2n) is 4.50. The molecule has 0 saturated carbocycles. The number of benzene rings is 2. The van der Waals surface area contributed by atoms with E-state index in [1.807, 2.05) is 49.4 Å². The number of carbonyl (C=O) groups is 1. The second kappa shape index (κ2) is 7.65. The molecule has 0 unspecified atom stereocenters. The van der Waals surface area contributed by atoms with Crippen molar-refractivity contribution in [2.24, 2.45) is 0 Å². The van der Waals surface area contributed by atoms with Gasteiger partial charge in [-0.05, 0) is 42.8 Å². The van der Waals surface area contributed by atoms with Gasteiger partial charge in [0, 0.05) is 5.69 Å². The average Bonchev–Trinajstić information content (AvgIpc) is 2.54. The lowest BCUT2D eigenvalue weighted by Gasteiger charge is -2.05. The van der Waals surface area contributed by atoms with Crippen LogP contribution < -0.4 is 10.1 Å². The van der Waals surface area contributed by atoms with E-state index in [1.54, 1.807) is 24.3 Å². The number of carbonyl (C=O) groups excluding carboxylic acids is 1. The quantitative estimate of drug-likeness (QED) is 0.676. The Morgan fingerprint density at radius 2 is 2.00 bits per heavy atom. The third kappa shape index (κ3) is 4.22. The maximum Gasteiger partial charge on any atom is 0.266 e. The zero-order valence-corrected chi connectivity index (χ0v) is 12.2. The first-order valence-corrected chi connectivity index (χ1v) is 6.94. The van der Waals surface area contributed by atoms with Gasteiger partial charge in [0.25, 0.3) is 5.91 Å². The summed E-state index contributed by atoms with van der Waals surface area (Å²) in [5.74, 6) is 0.271. The Bertz CT molecular complexity index is 715. The van der Waals surface area contributed by atoms with Gasteiger partial charge in [-0.3, -0.25) is 4.79 Å². The molecule has 1 N–H and O–H groups in total. The average molecular weight is 292 g/mol. The Kier molecular flexibility index (Phi) is 5.33. The summed E-state index contributed by atoms with van der Waals surface area (Å²) < 4.78 is 5.41. The topological polar surface area (TPSA) is 62.1 Å². The van der Waals surface area contributed by atoms with Gasteiger partial charge in [0.2, 0.25) is 0 Å². The molecule has 22 heavy (non-hydrogen) atoms. The summed E-state index contributed by atoms with van der Waals surface area (Å²) in [7, 11) is 0. The minimum absolute atomic E-state index is 0.0394. The summed E-state index contributed by atoms with van der Waals surface area (Å²) >= 11 is 0. The molecule has 2 aromatic carbocycles. The lowest BCUT2D eigenvalue weighted by atomic mass is 10.1. The molecule has 1 amide bonds. The van der Waals surface area contributed by atoms with E-state index >= 15 is 0 Å². The van der Waals surface area contributed by atoms with Gasteiger partial charge in [0.15, 0.2) is 0 Å². The van der Waals surface area contributed by atoms with E-state index in [0.717, 1.165) is 5.56 Å². The fourth-order valence-electron chi connectivity index (χ4n) is 1.90. The highest BCUT2D eigenvalue weighted by molar-refractivity contribution is 6.09. The zero-order valence-electron chi connectivity index (χ0n) is 12.2. The van der Waals surface area contributed by atoms with Crippen LogP contribution in [0.5, 0.6) is 5.75 Å². The number of ether oxygens (including phenoxy) is 1. The maximum atomic E-state index is 12.1. The van der Waals surface area contributed by atoms with Crippen LogP contribution in [-0.2, 0) is 4.79 Å². The number of hydrogen-bond donors (Lipinski definition) is 1. The minimum atomic E-state index is -0.435. The molecule has 0 saturated heterocycles. The molecule has 0 atom stereocenters. The van der Waals surface area contributed by atoms with Crippen LogP contribution in [0.1, 0.15) is 12.5 Å². The Balaban J connectivity index is 2.18. The molecule has 0 bridgehead atoms. The first kappa shape index (κ1) is 15.3. The number of nitriles is 1. The van der Waals surface area contributed by atoms with Crippen molar-refractivity contribution in [3.05, 3.63) is 65.7 Å². The lowest BCUT2D eigenvalue weighted by Crippen LogP contribution is -2.13. The van der Waals surface area contributed by atoms with E-state index in [1.165, 1.54) is 0 Å². The van der Waals surface area contributed by atoms with Gasteiger partial charge in [-0.2, -0.15) is 5.26 Å². The standard InChI is InChI=1S/C18H16N2O2/c1-2-22-17-10-6-7-14(12-17)11-15(13-19)18(21)20-16-8-4-3-5-9-16/h3-12H,2H2,1H3,(H,20,21)/b15-11+. The van der Waals surface area contributed by atoms with Crippen molar-refractivity contribution >= 4 is 17.7 Å². The fraction of sp³-hybridized carbons (Fsp3) is 0.111. The van der Waals surface area contributed by atoms with Crippen molar-refractivity contribution < 1.29 is 9.53 Å². The summed E-state index contributed by atoms with van der Waals surface area (Å²) in [6.45, 7) is 2.46. The number of rotatable bonds is 5. The Morgan fingerprint density at radius 1 is 1.23 bits per heavy atom. The largest absolute Gasteiger partial charge is 0.494 e. The van der Waals surface area contributed by atoms with E-state index in [-0.39, 0.29) is 5.57 Å². The fourth-order valence-corrected chi connectivity index (χ4v) is 1.90. The molecule has 110 valence electrons. The molecule has 0 aliphatic heterocycles. The first-order chi connectivity index (χ1) is 10.7. The Morgan fingerprint density at radius 3 is 2.68 bits per heavy atom. The second-order valence-corrected chi connectivity index (χ2v) is 4.50. The molecule has 4 nitrogen and oxygen atoms in total. The molecular formula is C18H16N2O2. The van der Waals surface area contributed by atoms with Gasteiger partial charge < -0.3 is 10.1 Å². The van der Waals surface area contributed by atoms with E-state index in [0.29, 0.717) is 18.0 Å². The molecule has 0 aliphatic rings. The van der Waals surface area contributed by atoms with Crippen molar-refractivity contribution in [2.75, 3.05) is 11.9 Å². The van der Waals surface area contributed by atoms with Gasteiger partial charge in [0.05, 0.1) is 6.61 Å². The van der Waals surface area contributed by atoms with Crippen molar-refractivity contribution in [2.45, 2.75) is 6.92 Å². The molecule has 0 aliphatic carbocycles. The third-order valence-electron chi connectivity index (χ3n) is 2.88. The summed E-state index contributed by atoms with van der Waals surface area (Å²) in [6.07, 6.45) is 1.54. The molecule has 2 aromatic rings. The molecule has 0 radical (unpaired) electrons. The van der Waals surface area contributed by atoms with Crippen molar-refractivity contribution in [3.63, 3.8) is 0 Å². The SMILES string of the molecule is CCOc1cccc(/C=C(\C#N)C(=O)Nc2ccccc2)c1. The number of nitrogens with zero attached hydrogens (tertiary/aromatic N) is 1. The van der Waals surface area contributed by atoms with Gasteiger partial charge >= 0.3 is 0 Å². The molecule has 0 spiro atoms. The minimum Gasteiger partial charge on any atom is -0.494 e. The number of nitrogens with one attached hydrogen (secondary N) is 1. The van der Waals surface area contributed by atoms with Crippen molar-refractivity contribution in [1.29, 1.82) is 5.26 Å². The van der Waals surface area contributed by atoms with Crippen LogP contribution in [-0.4, -0.2) is 12.5 Å². The molecule has 0 fully saturated rings. The van der Waals surface area contributed by atoms with Gasteiger partial charge in [0.1, 0.15) is 17.4 Å². The molecule has 0 aromatic heterocycles. The number of hydrogen-bond acceptors (Lipinski definition) is 3. The van der Waals surface area contributed by atoms with Crippen LogP contribution >= 0.6 is 0 Å². The van der Waals surface area contributed by atoms with Crippen LogP contribution in [0.3, 0.4) is 0 Å². The summed E-state index contributed by atoms with van der Waals surface area (Å²) in [5, 5.41) is 11.9. The normalized spacial score (nSPS) is 10.6. The van der Waals surface area contributed by atoms with Crippen LogP contribution in [0.4, 0.5) is 5.69 Å². The van der Waals surface area contributed by atoms with Crippen molar-refractivity contribution in [1.82, 2.24) is 0 Å². The zero-order chi connectivity index (χ0) is 15.8. The molecular weight excluding hydrogens is 276 g/mol. The molecule has 2 rings (SSSR count). The predicted molar refractivity (Wildman–Crippen MR) is 86.3 cm³/mol. The van der Waals surface area contributed by atoms with Crippen LogP contribution in [0.25, 0.3) is 6.08 Å². The van der Waals surface area contributed by atoms with E-state index in [9.17, 15) is 10.1 Å². The smallest absolute Gasteiger partial charge is 0.266 e. The number of amides is 1. The highest BCUT2D eigenvalue weighted by Gasteiger charge is 2.09. The highest BCUT2D eigenvalue weighted by Crippen LogP contribution is 2.16. The van der Waals surface area contributed by atoms with E-state index in [2.05, 4.69) is 5.32 Å². The van der Waals surface area contributed by atoms with Gasteiger partial charge in [-0.1, -0.05) is 30.3 Å². The third-order valence-corrected chi connectivity index (χ3v) is 2.88. The number of anilines is 1. The van der Waals surface area contributed by atoms with Gasteiger partial charge in [-0.25, -0.2) is 0 Å². The first-order valence-electron chi connectivity index (χ1n) is 6.94. The van der Waals surface area contributed by atoms with Crippen molar-refractivity contribution in [3.8, 4) is 11.8 Å². The lowest BCUT2D eigenvalue weighted by molar-refractivity contribution is -0.112. The van der Waals surface area contributed by atoms with E-state index < -0.39 is 5.91 Å². The monoisotopic (exact) mass is 292 g/mol. The van der Waals surface area contributed by atoms with Crippen LogP contribution in [0, 0.1) is 11.3 Å². The summed E-state index contributed by atoms with van der Waals surface area (Å²) in [6, 6.07) is 18.2. The van der Waals surface area contributed by atoms with E-state index in [4.69, 9.17) is 4.74 Å². The maximum absolute atomic E-state index is 12.1. The summed E-state index contributed by atoms with van der Waals surface area (Å²) in [4.78, 5) is 12.1. The molecule has 0 heterocycles. The molecule has 4 heteroatoms. The Labute approximate surface area is 129 Å². The Hall–Kier alpha value is -3.06. The van der Waals surface area contributed by atoms with Crippen LogP contribution in [0.15, 0.2) is 60.2 Å². The highest BCUT2D eigenvalue weighted by atomic mass is 16.5. The predicted octanol–water partition coefficient (Wildman–Crippen LogP) is 3.63.